The van der Waals surface area contributed by atoms with Gasteiger partial charge in [-0.05, 0) is 42.0 Å². The van der Waals surface area contributed by atoms with E-state index >= 15 is 0 Å². The normalized spacial score (nSPS) is 10.9. The average molecular weight is 386 g/mol. The van der Waals surface area contributed by atoms with Gasteiger partial charge in [0.2, 0.25) is 5.91 Å². The molecule has 0 saturated heterocycles. The smallest absolute Gasteiger partial charge is 0.221 e. The van der Waals surface area contributed by atoms with E-state index in [1.807, 2.05) is 60.7 Å². The highest BCUT2D eigenvalue weighted by Gasteiger charge is 2.11. The predicted molar refractivity (Wildman–Crippen MR) is 116 cm³/mol. The zero-order valence-corrected chi connectivity index (χ0v) is 16.3. The van der Waals surface area contributed by atoms with E-state index in [4.69, 9.17) is 4.74 Å². The second kappa shape index (κ2) is 9.37. The number of hydrogen-bond acceptors (Lipinski definition) is 4. The molecule has 0 atom stereocenters. The number of nitrogens with one attached hydrogen (secondary N) is 2. The topological polar surface area (TPSA) is 67.4 Å². The molecule has 0 fully saturated rings. The Balaban J connectivity index is 2.00. The van der Waals surface area contributed by atoms with Crippen LogP contribution < -0.4 is 15.4 Å². The molecule has 0 aromatic heterocycles. The monoisotopic (exact) mass is 386 g/mol. The van der Waals surface area contributed by atoms with Crippen LogP contribution in [0.3, 0.4) is 0 Å². The number of benzene rings is 3. The van der Waals surface area contributed by atoms with Crippen molar-refractivity contribution < 1.29 is 14.3 Å². The minimum absolute atomic E-state index is 0.124. The highest BCUT2D eigenvalue weighted by atomic mass is 16.5. The molecule has 3 aromatic rings. The summed E-state index contributed by atoms with van der Waals surface area (Å²) in [4.78, 5) is 24.3. The zero-order valence-electron chi connectivity index (χ0n) is 16.3. The zero-order chi connectivity index (χ0) is 20.6. The Morgan fingerprint density at radius 3 is 1.93 bits per heavy atom. The molecular formula is C24H22N2O3. The van der Waals surface area contributed by atoms with Crippen LogP contribution in [0.1, 0.15) is 22.8 Å². The molecule has 0 aliphatic carbocycles. The van der Waals surface area contributed by atoms with Crippen LogP contribution in [0.25, 0.3) is 5.70 Å². The van der Waals surface area contributed by atoms with E-state index < -0.39 is 0 Å². The number of amides is 1. The number of para-hydroxylation sites is 2. The Labute approximate surface area is 170 Å². The second-order valence-electron chi connectivity index (χ2n) is 6.37. The minimum Gasteiger partial charge on any atom is -0.497 e. The van der Waals surface area contributed by atoms with Crippen molar-refractivity contribution in [2.24, 2.45) is 0 Å². The molecule has 0 aliphatic heterocycles. The van der Waals surface area contributed by atoms with E-state index in [0.29, 0.717) is 22.6 Å². The van der Waals surface area contributed by atoms with E-state index in [-0.39, 0.29) is 11.7 Å². The quantitative estimate of drug-likeness (QED) is 0.443. The third-order valence-electron chi connectivity index (χ3n) is 4.24. The summed E-state index contributed by atoms with van der Waals surface area (Å²) in [6.45, 7) is 1.45. The van der Waals surface area contributed by atoms with Gasteiger partial charge in [0, 0.05) is 24.3 Å². The lowest BCUT2D eigenvalue weighted by Crippen LogP contribution is -2.10. The third kappa shape index (κ3) is 5.32. The maximum absolute atomic E-state index is 12.8. The van der Waals surface area contributed by atoms with Gasteiger partial charge in [0.1, 0.15) is 5.75 Å². The Morgan fingerprint density at radius 2 is 1.34 bits per heavy atom. The predicted octanol–water partition coefficient (Wildman–Crippen LogP) is 4.99. The first kappa shape index (κ1) is 19.9. The van der Waals surface area contributed by atoms with Crippen LogP contribution >= 0.6 is 0 Å². The molecule has 146 valence electrons. The Kier molecular flexibility index (Phi) is 6.43. The fraction of sp³-hybridized carbons (Fsp3) is 0.0833. The number of methoxy groups -OCH3 is 1. The molecule has 0 heterocycles. The molecule has 0 saturated carbocycles. The first-order valence-electron chi connectivity index (χ1n) is 9.16. The van der Waals surface area contributed by atoms with E-state index in [2.05, 4.69) is 10.6 Å². The molecule has 2 N–H and O–H groups in total. The Bertz CT molecular complexity index is 1030. The van der Waals surface area contributed by atoms with Crippen LogP contribution in [0, 0.1) is 0 Å². The number of ketones is 1. The van der Waals surface area contributed by atoms with E-state index in [0.717, 1.165) is 11.3 Å². The van der Waals surface area contributed by atoms with E-state index in [1.165, 1.54) is 6.92 Å². The maximum Gasteiger partial charge on any atom is 0.221 e. The molecule has 0 spiro atoms. The third-order valence-corrected chi connectivity index (χ3v) is 4.24. The summed E-state index contributed by atoms with van der Waals surface area (Å²) < 4.78 is 5.23. The summed E-state index contributed by atoms with van der Waals surface area (Å²) >= 11 is 0. The van der Waals surface area contributed by atoms with Crippen molar-refractivity contribution in [3.05, 3.63) is 96.1 Å². The molecule has 3 rings (SSSR count). The standard InChI is InChI=1S/C24H22N2O3/c1-17(27)25-21-10-6-7-11-22(21)26-23(18-12-14-20(29-2)15-13-18)16-24(28)19-8-4-3-5-9-19/h3-16,26H,1-2H3,(H,25,27). The van der Waals surface area contributed by atoms with Crippen molar-refractivity contribution >= 4 is 28.8 Å². The molecule has 1 amide bonds. The van der Waals surface area contributed by atoms with Gasteiger partial charge >= 0.3 is 0 Å². The first-order chi connectivity index (χ1) is 14.1. The molecule has 0 aliphatic rings. The molecule has 5 heteroatoms. The summed E-state index contributed by atoms with van der Waals surface area (Å²) in [5.41, 5.74) is 3.33. The number of carbonyl (C=O) groups excluding carboxylic acids is 2. The highest BCUT2D eigenvalue weighted by Crippen LogP contribution is 2.27. The molecule has 29 heavy (non-hydrogen) atoms. The summed E-state index contributed by atoms with van der Waals surface area (Å²) in [7, 11) is 1.60. The maximum atomic E-state index is 12.8. The van der Waals surface area contributed by atoms with E-state index in [9.17, 15) is 9.59 Å². The lowest BCUT2D eigenvalue weighted by molar-refractivity contribution is -0.114. The van der Waals surface area contributed by atoms with Gasteiger partial charge in [-0.2, -0.15) is 0 Å². The molecule has 0 unspecified atom stereocenters. The Hall–Kier alpha value is -3.86. The molecule has 3 aromatic carbocycles. The summed E-state index contributed by atoms with van der Waals surface area (Å²) in [5.74, 6) is 0.427. The van der Waals surface area contributed by atoms with E-state index in [1.54, 1.807) is 31.4 Å². The number of carbonyl (C=O) groups is 2. The van der Waals surface area contributed by atoms with Gasteiger partial charge in [0.05, 0.1) is 18.5 Å². The van der Waals surface area contributed by atoms with Gasteiger partial charge < -0.3 is 15.4 Å². The van der Waals surface area contributed by atoms with Crippen molar-refractivity contribution in [3.8, 4) is 5.75 Å². The fourth-order valence-electron chi connectivity index (χ4n) is 2.81. The minimum atomic E-state index is -0.172. The van der Waals surface area contributed by atoms with Gasteiger partial charge in [-0.15, -0.1) is 0 Å². The van der Waals surface area contributed by atoms with Crippen molar-refractivity contribution in [2.45, 2.75) is 6.92 Å². The molecule has 5 nitrogen and oxygen atoms in total. The van der Waals surface area contributed by atoms with Gasteiger partial charge in [0.25, 0.3) is 0 Å². The first-order valence-corrected chi connectivity index (χ1v) is 9.16. The lowest BCUT2D eigenvalue weighted by Gasteiger charge is -2.16. The largest absolute Gasteiger partial charge is 0.497 e. The van der Waals surface area contributed by atoms with Crippen molar-refractivity contribution in [3.63, 3.8) is 0 Å². The number of hydrogen-bond donors (Lipinski definition) is 2. The van der Waals surface area contributed by atoms with Crippen LogP contribution in [-0.2, 0) is 4.79 Å². The number of allylic oxidation sites excluding steroid dienone is 1. The molecule has 0 radical (unpaired) electrons. The SMILES string of the molecule is COc1ccc(C(=CC(=O)c2ccccc2)Nc2ccccc2NC(C)=O)cc1. The highest BCUT2D eigenvalue weighted by molar-refractivity contribution is 6.10. The van der Waals surface area contributed by atoms with Gasteiger partial charge in [-0.25, -0.2) is 0 Å². The van der Waals surface area contributed by atoms with Crippen LogP contribution in [0.4, 0.5) is 11.4 Å². The van der Waals surface area contributed by atoms with Crippen molar-refractivity contribution in [1.29, 1.82) is 0 Å². The van der Waals surface area contributed by atoms with Gasteiger partial charge in [0.15, 0.2) is 5.78 Å². The van der Waals surface area contributed by atoms with Crippen molar-refractivity contribution in [2.75, 3.05) is 17.7 Å². The molecule has 0 bridgehead atoms. The number of anilines is 2. The Morgan fingerprint density at radius 1 is 0.759 bits per heavy atom. The number of ether oxygens (including phenoxy) is 1. The average Bonchev–Trinajstić information content (AvgIpc) is 2.75. The van der Waals surface area contributed by atoms with Crippen LogP contribution in [-0.4, -0.2) is 18.8 Å². The van der Waals surface area contributed by atoms with Gasteiger partial charge in [-0.1, -0.05) is 42.5 Å². The second-order valence-corrected chi connectivity index (χ2v) is 6.37. The lowest BCUT2D eigenvalue weighted by atomic mass is 10.1. The fourth-order valence-corrected chi connectivity index (χ4v) is 2.81. The summed E-state index contributed by atoms with van der Waals surface area (Å²) in [5, 5.41) is 6.09. The molecular weight excluding hydrogens is 364 g/mol. The summed E-state index contributed by atoms with van der Waals surface area (Å²) in [6, 6.07) is 23.8. The summed E-state index contributed by atoms with van der Waals surface area (Å²) in [6.07, 6.45) is 1.56. The van der Waals surface area contributed by atoms with Crippen LogP contribution in [0.15, 0.2) is 84.9 Å². The van der Waals surface area contributed by atoms with Crippen LogP contribution in [0.2, 0.25) is 0 Å². The van der Waals surface area contributed by atoms with Crippen LogP contribution in [0.5, 0.6) is 5.75 Å². The van der Waals surface area contributed by atoms with Crippen molar-refractivity contribution in [1.82, 2.24) is 0 Å². The number of rotatable bonds is 7. The van der Waals surface area contributed by atoms with Gasteiger partial charge in [-0.3, -0.25) is 9.59 Å².